The molecule has 1 heterocycles. The third-order valence-corrected chi connectivity index (χ3v) is 6.31. The number of hydrogen-bond donors (Lipinski definition) is 1. The van der Waals surface area contributed by atoms with E-state index in [0.717, 1.165) is 6.54 Å². The van der Waals surface area contributed by atoms with Crippen LogP contribution in [0.5, 0.6) is 0 Å². The summed E-state index contributed by atoms with van der Waals surface area (Å²) in [5.41, 5.74) is 3.10. The van der Waals surface area contributed by atoms with Crippen molar-refractivity contribution in [3.8, 4) is 0 Å². The van der Waals surface area contributed by atoms with Crippen molar-refractivity contribution in [2.24, 2.45) is 0 Å². The van der Waals surface area contributed by atoms with Crippen LogP contribution in [0.15, 0.2) is 40.2 Å². The predicted molar refractivity (Wildman–Crippen MR) is 95.2 cm³/mol. The van der Waals surface area contributed by atoms with E-state index in [-0.39, 0.29) is 0 Å². The highest BCUT2D eigenvalue weighted by Gasteiger charge is 2.30. The van der Waals surface area contributed by atoms with Gasteiger partial charge in [0.15, 0.2) is 0 Å². The molecule has 1 aliphatic carbocycles. The second-order valence-corrected chi connectivity index (χ2v) is 7.56. The van der Waals surface area contributed by atoms with Gasteiger partial charge in [0.1, 0.15) is 0 Å². The fraction of sp³-hybridized carbons (Fsp3) is 0.444. The van der Waals surface area contributed by atoms with Gasteiger partial charge in [0.05, 0.1) is 0 Å². The van der Waals surface area contributed by atoms with Crippen LogP contribution in [0.25, 0.3) is 0 Å². The molecular formula is C18H22BrNS. The Morgan fingerprint density at radius 1 is 1.33 bits per heavy atom. The van der Waals surface area contributed by atoms with E-state index in [2.05, 4.69) is 63.9 Å². The number of nitrogens with one attached hydrogen (secondary N) is 1. The summed E-state index contributed by atoms with van der Waals surface area (Å²) >= 11 is 5.60. The fourth-order valence-corrected chi connectivity index (χ4v) is 5.14. The molecular weight excluding hydrogens is 342 g/mol. The lowest BCUT2D eigenvalue weighted by Gasteiger charge is -2.33. The van der Waals surface area contributed by atoms with Crippen molar-refractivity contribution in [2.75, 3.05) is 6.54 Å². The van der Waals surface area contributed by atoms with Crippen LogP contribution in [0.2, 0.25) is 0 Å². The van der Waals surface area contributed by atoms with Crippen LogP contribution in [0.4, 0.5) is 0 Å². The number of thiophene rings is 1. The van der Waals surface area contributed by atoms with Crippen LogP contribution in [0, 0.1) is 0 Å². The molecule has 3 rings (SSSR count). The van der Waals surface area contributed by atoms with Gasteiger partial charge in [0.2, 0.25) is 0 Å². The monoisotopic (exact) mass is 363 g/mol. The highest BCUT2D eigenvalue weighted by Crippen LogP contribution is 2.43. The first-order valence-corrected chi connectivity index (χ1v) is 9.52. The molecule has 21 heavy (non-hydrogen) atoms. The van der Waals surface area contributed by atoms with Crippen LogP contribution >= 0.6 is 27.3 Å². The minimum atomic E-state index is 0.431. The fourth-order valence-electron chi connectivity index (χ4n) is 3.38. The Morgan fingerprint density at radius 2 is 2.19 bits per heavy atom. The van der Waals surface area contributed by atoms with Crippen molar-refractivity contribution in [2.45, 2.75) is 44.6 Å². The summed E-state index contributed by atoms with van der Waals surface area (Å²) in [6.07, 6.45) is 4.99. The highest BCUT2D eigenvalue weighted by molar-refractivity contribution is 9.10. The van der Waals surface area contributed by atoms with Gasteiger partial charge in [0, 0.05) is 21.3 Å². The Balaban J connectivity index is 1.96. The van der Waals surface area contributed by atoms with Crippen molar-refractivity contribution < 1.29 is 0 Å². The molecule has 0 aliphatic heterocycles. The Hall–Kier alpha value is -0.640. The molecule has 2 aromatic rings. The Morgan fingerprint density at radius 3 is 2.95 bits per heavy atom. The first-order chi connectivity index (χ1) is 10.3. The average Bonchev–Trinajstić information content (AvgIpc) is 2.94. The highest BCUT2D eigenvalue weighted by atomic mass is 79.9. The zero-order valence-electron chi connectivity index (χ0n) is 12.4. The van der Waals surface area contributed by atoms with E-state index in [4.69, 9.17) is 0 Å². The van der Waals surface area contributed by atoms with Gasteiger partial charge in [-0.1, -0.05) is 31.2 Å². The van der Waals surface area contributed by atoms with Crippen molar-refractivity contribution in [1.82, 2.24) is 5.32 Å². The average molecular weight is 364 g/mol. The minimum absolute atomic E-state index is 0.431. The van der Waals surface area contributed by atoms with Crippen LogP contribution in [0.3, 0.4) is 0 Å². The molecule has 2 unspecified atom stereocenters. The molecule has 1 N–H and O–H groups in total. The molecule has 2 atom stereocenters. The molecule has 1 nitrogen and oxygen atoms in total. The normalized spacial score (nSPS) is 19.2. The summed E-state index contributed by atoms with van der Waals surface area (Å²) in [6, 6.07) is 11.6. The second-order valence-electron chi connectivity index (χ2n) is 5.76. The maximum atomic E-state index is 3.80. The molecule has 0 saturated carbocycles. The van der Waals surface area contributed by atoms with Crippen molar-refractivity contribution in [1.29, 1.82) is 0 Å². The van der Waals surface area contributed by atoms with Crippen LogP contribution < -0.4 is 5.32 Å². The summed E-state index contributed by atoms with van der Waals surface area (Å²) in [5, 5.41) is 5.99. The van der Waals surface area contributed by atoms with E-state index in [0.29, 0.717) is 12.0 Å². The maximum absolute atomic E-state index is 3.80. The molecule has 0 radical (unpaired) electrons. The molecule has 0 saturated heterocycles. The molecule has 0 spiro atoms. The van der Waals surface area contributed by atoms with Gasteiger partial charge in [-0.05, 0) is 70.7 Å². The van der Waals surface area contributed by atoms with Crippen LogP contribution in [-0.4, -0.2) is 6.54 Å². The zero-order valence-corrected chi connectivity index (χ0v) is 14.8. The van der Waals surface area contributed by atoms with Crippen LogP contribution in [0.1, 0.15) is 54.1 Å². The minimum Gasteiger partial charge on any atom is -0.309 e. The molecule has 0 amide bonds. The van der Waals surface area contributed by atoms with Crippen LogP contribution in [-0.2, 0) is 6.42 Å². The van der Waals surface area contributed by atoms with E-state index in [1.54, 1.807) is 11.1 Å². The first kappa shape index (κ1) is 15.3. The molecule has 1 aliphatic rings. The Labute approximate surface area is 139 Å². The van der Waals surface area contributed by atoms with Gasteiger partial charge in [-0.3, -0.25) is 0 Å². The topological polar surface area (TPSA) is 12.0 Å². The molecule has 1 aromatic carbocycles. The summed E-state index contributed by atoms with van der Waals surface area (Å²) < 4.78 is 1.25. The number of fused-ring (bicyclic) bond motifs is 1. The number of benzene rings is 1. The number of rotatable bonds is 5. The van der Waals surface area contributed by atoms with Crippen molar-refractivity contribution in [3.63, 3.8) is 0 Å². The van der Waals surface area contributed by atoms with E-state index in [1.165, 1.54) is 35.0 Å². The number of aryl methyl sites for hydroxylation is 1. The SMILES string of the molecule is CCCNC(c1sccc1Br)C1CCCc2ccccc21. The second kappa shape index (κ2) is 7.08. The third-order valence-electron chi connectivity index (χ3n) is 4.36. The smallest absolute Gasteiger partial charge is 0.0495 e. The molecule has 112 valence electrons. The van der Waals surface area contributed by atoms with E-state index in [9.17, 15) is 0 Å². The predicted octanol–water partition coefficient (Wildman–Crippen LogP) is 5.67. The molecule has 0 fully saturated rings. The van der Waals surface area contributed by atoms with Crippen molar-refractivity contribution in [3.05, 3.63) is 56.2 Å². The molecule has 1 aromatic heterocycles. The van der Waals surface area contributed by atoms with E-state index < -0.39 is 0 Å². The van der Waals surface area contributed by atoms with Gasteiger partial charge in [-0.2, -0.15) is 0 Å². The first-order valence-electron chi connectivity index (χ1n) is 7.85. The van der Waals surface area contributed by atoms with Gasteiger partial charge in [0.25, 0.3) is 0 Å². The van der Waals surface area contributed by atoms with E-state index in [1.807, 2.05) is 11.3 Å². The lowest BCUT2D eigenvalue weighted by molar-refractivity contribution is 0.406. The summed E-state index contributed by atoms with van der Waals surface area (Å²) in [5.74, 6) is 0.594. The Kier molecular flexibility index (Phi) is 5.15. The quantitative estimate of drug-likeness (QED) is 0.721. The van der Waals surface area contributed by atoms with Gasteiger partial charge in [-0.15, -0.1) is 11.3 Å². The van der Waals surface area contributed by atoms with Gasteiger partial charge >= 0.3 is 0 Å². The molecule has 0 bridgehead atoms. The van der Waals surface area contributed by atoms with Crippen molar-refractivity contribution >= 4 is 27.3 Å². The summed E-state index contributed by atoms with van der Waals surface area (Å²) in [6.45, 7) is 3.32. The van der Waals surface area contributed by atoms with Gasteiger partial charge < -0.3 is 5.32 Å². The lowest BCUT2D eigenvalue weighted by Crippen LogP contribution is -2.29. The Bertz CT molecular complexity index is 592. The number of hydrogen-bond acceptors (Lipinski definition) is 2. The third kappa shape index (κ3) is 3.25. The molecule has 3 heteroatoms. The maximum Gasteiger partial charge on any atom is 0.0495 e. The summed E-state index contributed by atoms with van der Waals surface area (Å²) in [4.78, 5) is 1.45. The zero-order chi connectivity index (χ0) is 14.7. The van der Waals surface area contributed by atoms with E-state index >= 15 is 0 Å². The van der Waals surface area contributed by atoms with Gasteiger partial charge in [-0.25, -0.2) is 0 Å². The standard InChI is InChI=1S/C18H22BrNS/c1-2-11-20-17(18-16(19)10-12-21-18)15-9-5-7-13-6-3-4-8-14(13)15/h3-4,6,8,10,12,15,17,20H,2,5,7,9,11H2,1H3. The lowest BCUT2D eigenvalue weighted by atomic mass is 9.78. The largest absolute Gasteiger partial charge is 0.309 e. The number of halogens is 1. The summed E-state index contributed by atoms with van der Waals surface area (Å²) in [7, 11) is 0.